The number of amides is 2. The summed E-state index contributed by atoms with van der Waals surface area (Å²) < 4.78 is 30.0. The molecule has 0 radical (unpaired) electrons. The molecule has 0 fully saturated rings. The van der Waals surface area contributed by atoms with Gasteiger partial charge in [-0.05, 0) is 83.0 Å². The first-order valence-corrected chi connectivity index (χ1v) is 11.3. The number of benzene rings is 3. The third-order valence-electron chi connectivity index (χ3n) is 4.52. The molecule has 10 heteroatoms. The van der Waals surface area contributed by atoms with Crippen LogP contribution in [-0.4, -0.2) is 38.4 Å². The number of hydrogen-bond acceptors (Lipinski definition) is 6. The van der Waals surface area contributed by atoms with E-state index < -0.39 is 17.6 Å². The molecule has 0 saturated carbocycles. The SMILES string of the molecule is CCOc1cc(/C=N/NC(=O)c2cccc(OC)c2)cc(Br)c1OCC(=O)Nc1ccc(F)cc1. The molecule has 0 unspecified atom stereocenters. The van der Waals surface area contributed by atoms with Gasteiger partial charge in [0.05, 0.1) is 24.4 Å². The normalized spacial score (nSPS) is 10.6. The number of nitrogens with zero attached hydrogens (tertiary/aromatic N) is 1. The zero-order chi connectivity index (χ0) is 25.2. The molecule has 3 aromatic rings. The number of carbonyl (C=O) groups excluding carboxylic acids is 2. The van der Waals surface area contributed by atoms with E-state index in [-0.39, 0.29) is 6.61 Å². The lowest BCUT2D eigenvalue weighted by molar-refractivity contribution is -0.118. The number of hydrazone groups is 1. The van der Waals surface area contributed by atoms with Gasteiger partial charge in [-0.2, -0.15) is 5.10 Å². The topological polar surface area (TPSA) is 98.2 Å². The van der Waals surface area contributed by atoms with E-state index in [2.05, 4.69) is 31.8 Å². The number of nitrogens with one attached hydrogen (secondary N) is 2. The van der Waals surface area contributed by atoms with E-state index in [1.165, 1.54) is 37.6 Å². The average Bonchev–Trinajstić information content (AvgIpc) is 2.85. The van der Waals surface area contributed by atoms with Crippen molar-refractivity contribution in [1.82, 2.24) is 5.43 Å². The Morgan fingerprint density at radius 3 is 2.57 bits per heavy atom. The van der Waals surface area contributed by atoms with Crippen LogP contribution in [0.3, 0.4) is 0 Å². The minimum atomic E-state index is -0.420. The molecule has 0 spiro atoms. The standard InChI is InChI=1S/C25H23BrFN3O5/c1-3-34-22-12-16(14-28-30-25(32)17-5-4-6-20(13-17)33-2)11-21(26)24(22)35-15-23(31)29-19-9-7-18(27)8-10-19/h4-14H,3,15H2,1-2H3,(H,29,31)(H,30,32)/b28-14+. The van der Waals surface area contributed by atoms with E-state index in [4.69, 9.17) is 14.2 Å². The Kier molecular flexibility index (Phi) is 9.19. The molecule has 0 atom stereocenters. The van der Waals surface area contributed by atoms with Crippen LogP contribution in [0.4, 0.5) is 10.1 Å². The van der Waals surface area contributed by atoms with Gasteiger partial charge in [0.25, 0.3) is 11.8 Å². The van der Waals surface area contributed by atoms with Crippen molar-refractivity contribution in [2.75, 3.05) is 25.6 Å². The molecular formula is C25H23BrFN3O5. The maximum absolute atomic E-state index is 13.0. The van der Waals surface area contributed by atoms with Gasteiger partial charge >= 0.3 is 0 Å². The Morgan fingerprint density at radius 1 is 1.09 bits per heavy atom. The summed E-state index contributed by atoms with van der Waals surface area (Å²) in [6.45, 7) is 1.88. The molecule has 2 amide bonds. The van der Waals surface area contributed by atoms with Gasteiger partial charge in [-0.25, -0.2) is 9.82 Å². The van der Waals surface area contributed by atoms with Crippen molar-refractivity contribution in [2.45, 2.75) is 6.92 Å². The highest BCUT2D eigenvalue weighted by atomic mass is 79.9. The van der Waals surface area contributed by atoms with E-state index in [1.807, 2.05) is 6.92 Å². The number of carbonyl (C=O) groups is 2. The average molecular weight is 544 g/mol. The molecule has 3 rings (SSSR count). The van der Waals surface area contributed by atoms with Gasteiger partial charge in [-0.1, -0.05) is 6.07 Å². The zero-order valence-electron chi connectivity index (χ0n) is 19.0. The zero-order valence-corrected chi connectivity index (χ0v) is 20.6. The Bertz CT molecular complexity index is 1220. The van der Waals surface area contributed by atoms with Crippen molar-refractivity contribution in [2.24, 2.45) is 5.10 Å². The van der Waals surface area contributed by atoms with Gasteiger partial charge in [-0.3, -0.25) is 9.59 Å². The van der Waals surface area contributed by atoms with Crippen LogP contribution < -0.4 is 25.0 Å². The maximum Gasteiger partial charge on any atom is 0.271 e. The molecule has 0 saturated heterocycles. The molecule has 3 aromatic carbocycles. The second-order valence-corrected chi connectivity index (χ2v) is 7.89. The Morgan fingerprint density at radius 2 is 1.86 bits per heavy atom. The molecule has 8 nitrogen and oxygen atoms in total. The molecule has 2 N–H and O–H groups in total. The largest absolute Gasteiger partial charge is 0.497 e. The van der Waals surface area contributed by atoms with Crippen molar-refractivity contribution >= 4 is 39.6 Å². The van der Waals surface area contributed by atoms with Gasteiger partial charge in [0.15, 0.2) is 18.1 Å². The highest BCUT2D eigenvalue weighted by Crippen LogP contribution is 2.36. The van der Waals surface area contributed by atoms with Crippen LogP contribution in [0.1, 0.15) is 22.8 Å². The number of hydrogen-bond donors (Lipinski definition) is 2. The predicted octanol–water partition coefficient (Wildman–Crippen LogP) is 4.78. The number of anilines is 1. The Hall–Kier alpha value is -3.92. The van der Waals surface area contributed by atoms with E-state index in [1.54, 1.807) is 36.4 Å². The van der Waals surface area contributed by atoms with Gasteiger partial charge in [0, 0.05) is 11.3 Å². The van der Waals surface area contributed by atoms with E-state index >= 15 is 0 Å². The number of ether oxygens (including phenoxy) is 3. The summed E-state index contributed by atoms with van der Waals surface area (Å²) in [7, 11) is 1.52. The highest BCUT2D eigenvalue weighted by molar-refractivity contribution is 9.10. The van der Waals surface area contributed by atoms with Gasteiger partial charge < -0.3 is 19.5 Å². The summed E-state index contributed by atoms with van der Waals surface area (Å²) in [5.74, 6) is 0.0748. The fraction of sp³-hybridized carbons (Fsp3) is 0.160. The molecular weight excluding hydrogens is 521 g/mol. The number of methoxy groups -OCH3 is 1. The molecule has 0 heterocycles. The van der Waals surface area contributed by atoms with Crippen LogP contribution >= 0.6 is 15.9 Å². The van der Waals surface area contributed by atoms with Crippen LogP contribution in [0.25, 0.3) is 0 Å². The fourth-order valence-corrected chi connectivity index (χ4v) is 3.50. The number of rotatable bonds is 10. The Balaban J connectivity index is 1.65. The van der Waals surface area contributed by atoms with Crippen molar-refractivity contribution in [3.8, 4) is 17.2 Å². The van der Waals surface area contributed by atoms with Gasteiger partial charge in [0.2, 0.25) is 0 Å². The second-order valence-electron chi connectivity index (χ2n) is 7.04. The summed E-state index contributed by atoms with van der Waals surface area (Å²) in [5, 5.41) is 6.62. The van der Waals surface area contributed by atoms with Gasteiger partial charge in [-0.15, -0.1) is 0 Å². The van der Waals surface area contributed by atoms with Crippen LogP contribution in [0, 0.1) is 5.82 Å². The first-order chi connectivity index (χ1) is 16.9. The van der Waals surface area contributed by atoms with Crippen molar-refractivity contribution < 1.29 is 28.2 Å². The molecule has 0 bridgehead atoms. The van der Waals surface area contributed by atoms with Crippen LogP contribution in [0.15, 0.2) is 70.2 Å². The lowest BCUT2D eigenvalue weighted by atomic mass is 10.2. The molecule has 0 aliphatic heterocycles. The van der Waals surface area contributed by atoms with E-state index in [0.29, 0.717) is 45.1 Å². The summed E-state index contributed by atoms with van der Waals surface area (Å²) in [4.78, 5) is 24.5. The smallest absolute Gasteiger partial charge is 0.271 e. The van der Waals surface area contributed by atoms with Crippen LogP contribution in [0.5, 0.6) is 17.2 Å². The van der Waals surface area contributed by atoms with Crippen LogP contribution in [0.2, 0.25) is 0 Å². The predicted molar refractivity (Wildman–Crippen MR) is 134 cm³/mol. The fourth-order valence-electron chi connectivity index (χ4n) is 2.93. The molecule has 182 valence electrons. The van der Waals surface area contributed by atoms with E-state index in [9.17, 15) is 14.0 Å². The monoisotopic (exact) mass is 543 g/mol. The minimum Gasteiger partial charge on any atom is -0.497 e. The van der Waals surface area contributed by atoms with Crippen LogP contribution in [-0.2, 0) is 4.79 Å². The maximum atomic E-state index is 13.0. The molecule has 0 aliphatic rings. The van der Waals surface area contributed by atoms with Gasteiger partial charge in [0.1, 0.15) is 11.6 Å². The molecule has 0 aromatic heterocycles. The van der Waals surface area contributed by atoms with Crippen molar-refractivity contribution in [1.29, 1.82) is 0 Å². The van der Waals surface area contributed by atoms with Crippen molar-refractivity contribution in [3.63, 3.8) is 0 Å². The summed E-state index contributed by atoms with van der Waals surface area (Å²) in [6, 6.07) is 15.5. The minimum absolute atomic E-state index is 0.292. The lowest BCUT2D eigenvalue weighted by Gasteiger charge is -2.14. The highest BCUT2D eigenvalue weighted by Gasteiger charge is 2.14. The second kappa shape index (κ2) is 12.5. The van der Waals surface area contributed by atoms with Crippen molar-refractivity contribution in [3.05, 3.63) is 82.1 Å². The third kappa shape index (κ3) is 7.54. The van der Waals surface area contributed by atoms with E-state index in [0.717, 1.165) is 0 Å². The number of halogens is 2. The molecule has 0 aliphatic carbocycles. The summed E-state index contributed by atoms with van der Waals surface area (Å²) in [5.41, 5.74) is 3.94. The Labute approximate surface area is 210 Å². The quantitative estimate of drug-likeness (QED) is 0.283. The summed E-state index contributed by atoms with van der Waals surface area (Å²) >= 11 is 3.43. The third-order valence-corrected chi connectivity index (χ3v) is 5.11. The lowest BCUT2D eigenvalue weighted by Crippen LogP contribution is -2.20. The first-order valence-electron chi connectivity index (χ1n) is 10.5. The molecule has 35 heavy (non-hydrogen) atoms. The summed E-state index contributed by atoms with van der Waals surface area (Å²) in [6.07, 6.45) is 1.45. The first kappa shape index (κ1) is 25.7.